The number of rotatable bonds is 6. The van der Waals surface area contributed by atoms with Crippen LogP contribution in [0.5, 0.6) is 0 Å². The molecule has 146 valence electrons. The number of benzene rings is 1. The Kier molecular flexibility index (Phi) is 5.52. The maximum atomic E-state index is 13.8. The first-order valence-corrected chi connectivity index (χ1v) is 9.81. The van der Waals surface area contributed by atoms with Gasteiger partial charge in [0.1, 0.15) is 10.7 Å². The summed E-state index contributed by atoms with van der Waals surface area (Å²) in [7, 11) is -4.20. The number of halogens is 1. The minimum absolute atomic E-state index is 0.272. The van der Waals surface area contributed by atoms with Crippen LogP contribution in [0.15, 0.2) is 53.7 Å². The van der Waals surface area contributed by atoms with Gasteiger partial charge in [0.15, 0.2) is 5.82 Å². The Morgan fingerprint density at radius 3 is 2.54 bits per heavy atom. The third-order valence-electron chi connectivity index (χ3n) is 4.07. The lowest BCUT2D eigenvalue weighted by atomic mass is 10.1. The predicted molar refractivity (Wildman–Crippen MR) is 101 cm³/mol. The van der Waals surface area contributed by atoms with E-state index in [0.29, 0.717) is 11.3 Å². The molecule has 0 saturated carbocycles. The van der Waals surface area contributed by atoms with Crippen LogP contribution in [0, 0.1) is 12.7 Å². The number of hydrogen-bond donors (Lipinski definition) is 3. The molecule has 2 aromatic heterocycles. The largest absolute Gasteiger partial charge is 0.308 e. The zero-order valence-electron chi connectivity index (χ0n) is 15.1. The van der Waals surface area contributed by atoms with Crippen molar-refractivity contribution in [2.45, 2.75) is 24.8 Å². The molecule has 0 aliphatic carbocycles. The average Bonchev–Trinajstić information content (AvgIpc) is 3.02. The van der Waals surface area contributed by atoms with Crippen molar-refractivity contribution in [1.29, 1.82) is 0 Å². The molecule has 1 amide bonds. The molecule has 3 aromatic rings. The van der Waals surface area contributed by atoms with Crippen LogP contribution in [0.4, 0.5) is 10.2 Å². The van der Waals surface area contributed by atoms with Gasteiger partial charge in [-0.3, -0.25) is 14.9 Å². The number of hydrogen-bond acceptors (Lipinski definition) is 5. The van der Waals surface area contributed by atoms with E-state index in [0.717, 1.165) is 17.7 Å². The van der Waals surface area contributed by atoms with Crippen molar-refractivity contribution >= 4 is 21.7 Å². The van der Waals surface area contributed by atoms with Gasteiger partial charge in [-0.25, -0.2) is 12.8 Å². The highest BCUT2D eigenvalue weighted by Crippen LogP contribution is 2.25. The number of sulfonamides is 1. The summed E-state index contributed by atoms with van der Waals surface area (Å²) in [4.78, 5) is 15.8. The maximum absolute atomic E-state index is 13.8. The van der Waals surface area contributed by atoms with E-state index in [4.69, 9.17) is 0 Å². The Balaban J connectivity index is 1.73. The van der Waals surface area contributed by atoms with E-state index >= 15 is 0 Å². The van der Waals surface area contributed by atoms with Gasteiger partial charge in [-0.1, -0.05) is 12.1 Å². The third kappa shape index (κ3) is 4.07. The molecule has 0 aliphatic heterocycles. The molecule has 28 heavy (non-hydrogen) atoms. The number of aromatic nitrogens is 3. The predicted octanol–water partition coefficient (Wildman–Crippen LogP) is 2.22. The van der Waals surface area contributed by atoms with Crippen LogP contribution in [0.25, 0.3) is 11.3 Å². The summed E-state index contributed by atoms with van der Waals surface area (Å²) in [5, 5.41) is 9.48. The van der Waals surface area contributed by atoms with Crippen LogP contribution >= 0.6 is 0 Å². The van der Waals surface area contributed by atoms with Crippen LogP contribution in [-0.4, -0.2) is 35.5 Å². The summed E-state index contributed by atoms with van der Waals surface area (Å²) in [5.41, 5.74) is 2.23. The summed E-state index contributed by atoms with van der Waals surface area (Å²) < 4.78 is 40.6. The van der Waals surface area contributed by atoms with Gasteiger partial charge in [-0.05, 0) is 38.1 Å². The Labute approximate surface area is 161 Å². The average molecular weight is 403 g/mol. The third-order valence-corrected chi connectivity index (χ3v) is 5.65. The lowest BCUT2D eigenvalue weighted by Gasteiger charge is -2.14. The van der Waals surface area contributed by atoms with Crippen molar-refractivity contribution in [2.24, 2.45) is 0 Å². The normalized spacial score (nSPS) is 12.5. The Morgan fingerprint density at radius 1 is 1.18 bits per heavy atom. The molecule has 0 radical (unpaired) electrons. The Bertz CT molecular complexity index is 1100. The highest BCUT2D eigenvalue weighted by atomic mass is 32.2. The number of amides is 1. The summed E-state index contributed by atoms with van der Waals surface area (Å²) in [6.07, 6.45) is 3.26. The van der Waals surface area contributed by atoms with Crippen molar-refractivity contribution < 1.29 is 17.6 Å². The number of carbonyl (C=O) groups is 1. The standard InChI is InChI=1S/C18H18FN5O3S/c1-11-16(13-7-9-20-10-8-13)22-23-17(11)21-18(25)12(2)24-28(26,27)15-6-4-3-5-14(15)19/h3-10,12,24H,1-2H3,(H2,21,22,23,25)/t12-/m0/s1. The molecule has 0 saturated heterocycles. The van der Waals surface area contributed by atoms with E-state index in [1.165, 1.54) is 19.1 Å². The van der Waals surface area contributed by atoms with Crippen LogP contribution in [-0.2, 0) is 14.8 Å². The number of carbonyl (C=O) groups excluding carboxylic acids is 1. The number of aromatic amines is 1. The Hall–Kier alpha value is -3.11. The van der Waals surface area contributed by atoms with E-state index in [1.54, 1.807) is 31.5 Å². The first-order chi connectivity index (χ1) is 13.3. The Morgan fingerprint density at radius 2 is 1.86 bits per heavy atom. The molecule has 8 nitrogen and oxygen atoms in total. The summed E-state index contributed by atoms with van der Waals surface area (Å²) in [5.74, 6) is -1.25. The summed E-state index contributed by atoms with van der Waals surface area (Å²) in [6.45, 7) is 3.13. The molecule has 3 N–H and O–H groups in total. The lowest BCUT2D eigenvalue weighted by Crippen LogP contribution is -2.41. The zero-order valence-corrected chi connectivity index (χ0v) is 15.9. The number of nitrogens with one attached hydrogen (secondary N) is 3. The number of nitrogens with zero attached hydrogens (tertiary/aromatic N) is 2. The first-order valence-electron chi connectivity index (χ1n) is 8.32. The molecule has 1 atom stereocenters. The van der Waals surface area contributed by atoms with Gasteiger partial charge in [0.2, 0.25) is 15.9 Å². The molecule has 2 heterocycles. The molecule has 10 heteroatoms. The molecular weight excluding hydrogens is 385 g/mol. The summed E-state index contributed by atoms with van der Waals surface area (Å²) >= 11 is 0. The second-order valence-corrected chi connectivity index (χ2v) is 7.75. The van der Waals surface area contributed by atoms with E-state index in [9.17, 15) is 17.6 Å². The van der Waals surface area contributed by atoms with Crippen LogP contribution in [0.1, 0.15) is 12.5 Å². The highest BCUT2D eigenvalue weighted by molar-refractivity contribution is 7.89. The van der Waals surface area contributed by atoms with Crippen molar-refractivity contribution in [3.63, 3.8) is 0 Å². The molecule has 0 fully saturated rings. The quantitative estimate of drug-likeness (QED) is 0.583. The minimum atomic E-state index is -4.20. The molecule has 0 unspecified atom stereocenters. The van der Waals surface area contributed by atoms with Crippen molar-refractivity contribution in [2.75, 3.05) is 5.32 Å². The topological polar surface area (TPSA) is 117 Å². The molecule has 0 spiro atoms. The van der Waals surface area contributed by atoms with Crippen molar-refractivity contribution in [3.8, 4) is 11.3 Å². The molecule has 1 aromatic carbocycles. The molecular formula is C18H18FN5O3S. The fraction of sp³-hybridized carbons (Fsp3) is 0.167. The van der Waals surface area contributed by atoms with Gasteiger partial charge in [0.05, 0.1) is 11.7 Å². The fourth-order valence-corrected chi connectivity index (χ4v) is 3.84. The minimum Gasteiger partial charge on any atom is -0.308 e. The highest BCUT2D eigenvalue weighted by Gasteiger charge is 2.25. The lowest BCUT2D eigenvalue weighted by molar-refractivity contribution is -0.117. The van der Waals surface area contributed by atoms with Gasteiger partial charge in [-0.15, -0.1) is 0 Å². The van der Waals surface area contributed by atoms with Gasteiger partial charge in [-0.2, -0.15) is 9.82 Å². The van der Waals surface area contributed by atoms with Gasteiger partial charge in [0.25, 0.3) is 0 Å². The van der Waals surface area contributed by atoms with E-state index in [-0.39, 0.29) is 5.82 Å². The van der Waals surface area contributed by atoms with Gasteiger partial charge < -0.3 is 5.32 Å². The summed E-state index contributed by atoms with van der Waals surface area (Å²) in [6, 6.07) is 7.37. The monoisotopic (exact) mass is 403 g/mol. The second kappa shape index (κ2) is 7.87. The number of pyridine rings is 1. The van der Waals surface area contributed by atoms with E-state index in [2.05, 4.69) is 25.2 Å². The van der Waals surface area contributed by atoms with Crippen molar-refractivity contribution in [3.05, 3.63) is 60.2 Å². The molecule has 3 rings (SSSR count). The van der Waals surface area contributed by atoms with Crippen LogP contribution in [0.3, 0.4) is 0 Å². The SMILES string of the molecule is Cc1c(NC(=O)[C@H](C)NS(=O)(=O)c2ccccc2F)n[nH]c1-c1ccncc1. The van der Waals surface area contributed by atoms with Crippen LogP contribution in [0.2, 0.25) is 0 Å². The zero-order chi connectivity index (χ0) is 20.3. The smallest absolute Gasteiger partial charge is 0.244 e. The fourth-order valence-electron chi connectivity index (χ4n) is 2.56. The van der Waals surface area contributed by atoms with Crippen molar-refractivity contribution in [1.82, 2.24) is 19.9 Å². The van der Waals surface area contributed by atoms with Gasteiger partial charge in [0, 0.05) is 23.5 Å². The van der Waals surface area contributed by atoms with E-state index in [1.807, 2.05) is 0 Å². The van der Waals surface area contributed by atoms with E-state index < -0.39 is 32.7 Å². The molecule has 0 bridgehead atoms. The number of anilines is 1. The second-order valence-electron chi connectivity index (χ2n) is 6.07. The maximum Gasteiger partial charge on any atom is 0.244 e. The van der Waals surface area contributed by atoms with Crippen LogP contribution < -0.4 is 10.0 Å². The van der Waals surface area contributed by atoms with Gasteiger partial charge >= 0.3 is 0 Å². The molecule has 0 aliphatic rings. The number of H-pyrrole nitrogens is 1. The first kappa shape index (κ1) is 19.6.